The van der Waals surface area contributed by atoms with Gasteiger partial charge in [0.2, 0.25) is 0 Å². The third-order valence-electron chi connectivity index (χ3n) is 4.37. The molecule has 202 valence electrons. The van der Waals surface area contributed by atoms with Gasteiger partial charge in [0.1, 0.15) is 18.8 Å². The van der Waals surface area contributed by atoms with E-state index >= 15 is 0 Å². The number of rotatable bonds is 12. The quantitative estimate of drug-likeness (QED) is 0.128. The van der Waals surface area contributed by atoms with Crippen LogP contribution in [-0.4, -0.2) is 39.2 Å². The Bertz CT molecular complexity index is 861. The molecule has 0 radical (unpaired) electrons. The van der Waals surface area contributed by atoms with E-state index < -0.39 is 0 Å². The fourth-order valence-corrected chi connectivity index (χ4v) is 2.90. The Morgan fingerprint density at radius 2 is 1.58 bits per heavy atom. The van der Waals surface area contributed by atoms with Crippen LogP contribution in [0.2, 0.25) is 0 Å². The average molecular weight is 503 g/mol. The molecule has 0 spiro atoms. The fourth-order valence-electron chi connectivity index (χ4n) is 2.90. The van der Waals surface area contributed by atoms with E-state index in [0.29, 0.717) is 36.5 Å². The first kappa shape index (κ1) is 37.1. The lowest BCUT2D eigenvalue weighted by Gasteiger charge is -2.12. The van der Waals surface area contributed by atoms with Gasteiger partial charge in [-0.15, -0.1) is 6.58 Å². The van der Waals surface area contributed by atoms with E-state index in [1.165, 1.54) is 7.11 Å². The Labute approximate surface area is 218 Å². The number of aldehydes is 1. The number of carbonyl (C=O) groups excluding carboxylic acids is 3. The molecule has 2 aromatic rings. The number of benzene rings is 2. The topological polar surface area (TPSA) is 78.9 Å². The van der Waals surface area contributed by atoms with Crippen molar-refractivity contribution in [3.8, 4) is 17.2 Å². The van der Waals surface area contributed by atoms with Crippen molar-refractivity contribution in [1.82, 2.24) is 0 Å². The minimum Gasteiger partial charge on any atom is -0.496 e. The monoisotopic (exact) mass is 502 g/mol. The molecule has 0 aliphatic heterocycles. The molecular weight excluding hydrogens is 456 g/mol. The summed E-state index contributed by atoms with van der Waals surface area (Å²) in [6, 6.07) is 10.8. The largest absolute Gasteiger partial charge is 0.496 e. The van der Waals surface area contributed by atoms with E-state index in [0.717, 1.165) is 42.6 Å². The van der Waals surface area contributed by atoms with Gasteiger partial charge in [0.15, 0.2) is 17.3 Å². The standard InChI is InChI=1S/C23H28O5.C3H6.C2H6.CH2O.CH4/c1-4-27-23-14-17(2)9-12-21(23)28-13-7-5-6-8-20(25)19-11-10-18(16-24)15-22(19)26-3;1-3-2;2*1-2;/h9-12,14-16H,4-8,13H2,1-3H3;3H,1H2,2H3;1-2H3;1H2;1H4. The number of methoxy groups -OCH3 is 1. The summed E-state index contributed by atoms with van der Waals surface area (Å²) in [7, 11) is 1.50. The van der Waals surface area contributed by atoms with Gasteiger partial charge in [-0.05, 0) is 69.9 Å². The first-order chi connectivity index (χ1) is 17.0. The van der Waals surface area contributed by atoms with Gasteiger partial charge in [0, 0.05) is 12.0 Å². The van der Waals surface area contributed by atoms with Crippen molar-refractivity contribution in [3.05, 3.63) is 65.7 Å². The van der Waals surface area contributed by atoms with Crippen LogP contribution in [0, 0.1) is 6.92 Å². The van der Waals surface area contributed by atoms with E-state index in [-0.39, 0.29) is 13.2 Å². The Hall–Kier alpha value is -3.41. The molecule has 0 aromatic heterocycles. The molecule has 0 heterocycles. The van der Waals surface area contributed by atoms with Crippen molar-refractivity contribution in [1.29, 1.82) is 0 Å². The predicted octanol–water partition coefficient (Wildman–Crippen LogP) is 7.71. The number of aryl methyl sites for hydroxylation is 1. The van der Waals surface area contributed by atoms with E-state index in [1.807, 2.05) is 59.6 Å². The third-order valence-corrected chi connectivity index (χ3v) is 4.37. The van der Waals surface area contributed by atoms with Crippen molar-refractivity contribution in [3.63, 3.8) is 0 Å². The molecule has 36 heavy (non-hydrogen) atoms. The lowest BCUT2D eigenvalue weighted by molar-refractivity contribution is -0.0980. The first-order valence-corrected chi connectivity index (χ1v) is 11.9. The number of unbranched alkanes of at least 4 members (excludes halogenated alkanes) is 2. The second kappa shape index (κ2) is 24.7. The molecule has 2 rings (SSSR count). The van der Waals surface area contributed by atoms with Gasteiger partial charge in [-0.25, -0.2) is 0 Å². The van der Waals surface area contributed by atoms with Crippen LogP contribution < -0.4 is 14.2 Å². The van der Waals surface area contributed by atoms with Crippen LogP contribution in [0.5, 0.6) is 17.2 Å². The minimum atomic E-state index is 0. The maximum absolute atomic E-state index is 12.4. The predicted molar refractivity (Wildman–Crippen MR) is 150 cm³/mol. The Kier molecular flexibility index (Phi) is 25.5. The number of ether oxygens (including phenoxy) is 3. The summed E-state index contributed by atoms with van der Waals surface area (Å²) in [5.74, 6) is 1.99. The summed E-state index contributed by atoms with van der Waals surface area (Å²) < 4.78 is 16.7. The normalized spacial score (nSPS) is 8.72. The molecule has 6 nitrogen and oxygen atoms in total. The summed E-state index contributed by atoms with van der Waals surface area (Å²) >= 11 is 0. The van der Waals surface area contributed by atoms with Gasteiger partial charge in [-0.2, -0.15) is 0 Å². The molecule has 0 atom stereocenters. The van der Waals surface area contributed by atoms with Gasteiger partial charge in [0.25, 0.3) is 0 Å². The molecule has 0 saturated heterocycles. The summed E-state index contributed by atoms with van der Waals surface area (Å²) in [5.41, 5.74) is 2.14. The number of hydrogen-bond acceptors (Lipinski definition) is 6. The van der Waals surface area contributed by atoms with Gasteiger partial charge in [-0.1, -0.05) is 39.5 Å². The Balaban J connectivity index is -0.00000124. The molecule has 6 heteroatoms. The van der Waals surface area contributed by atoms with E-state index in [4.69, 9.17) is 19.0 Å². The molecule has 0 unspecified atom stereocenters. The zero-order valence-corrected chi connectivity index (χ0v) is 22.2. The van der Waals surface area contributed by atoms with Crippen molar-refractivity contribution < 1.29 is 28.6 Å². The highest BCUT2D eigenvalue weighted by Crippen LogP contribution is 2.28. The Morgan fingerprint density at radius 3 is 2.14 bits per heavy atom. The van der Waals surface area contributed by atoms with Crippen molar-refractivity contribution in [2.75, 3.05) is 20.3 Å². The average Bonchev–Trinajstić information content (AvgIpc) is 2.89. The number of ketones is 1. The number of hydrogen-bond donors (Lipinski definition) is 0. The van der Waals surface area contributed by atoms with Gasteiger partial charge >= 0.3 is 0 Å². The van der Waals surface area contributed by atoms with Crippen LogP contribution in [0.1, 0.15) is 87.1 Å². The molecule has 0 amide bonds. The van der Waals surface area contributed by atoms with Crippen molar-refractivity contribution in [2.45, 2.75) is 67.7 Å². The zero-order chi connectivity index (χ0) is 27.1. The van der Waals surface area contributed by atoms with Gasteiger partial charge in [0.05, 0.1) is 25.9 Å². The van der Waals surface area contributed by atoms with Crippen LogP contribution in [-0.2, 0) is 4.79 Å². The maximum atomic E-state index is 12.4. The molecule has 2 aromatic carbocycles. The number of allylic oxidation sites excluding steroid dienone is 1. The lowest BCUT2D eigenvalue weighted by Crippen LogP contribution is -2.04. The third kappa shape index (κ3) is 14.8. The highest BCUT2D eigenvalue weighted by molar-refractivity contribution is 5.99. The summed E-state index contributed by atoms with van der Waals surface area (Å²) in [4.78, 5) is 31.3. The smallest absolute Gasteiger partial charge is 0.166 e. The SMILES string of the molecule is C.C=CC.C=O.CC.CCOc1cc(C)ccc1OCCCCCC(=O)c1ccc(C=O)cc1OC. The Morgan fingerprint density at radius 1 is 0.944 bits per heavy atom. The molecule has 0 N–H and O–H groups in total. The molecule has 0 aliphatic carbocycles. The van der Waals surface area contributed by atoms with Crippen LogP contribution >= 0.6 is 0 Å². The highest BCUT2D eigenvalue weighted by atomic mass is 16.5. The second-order valence-corrected chi connectivity index (χ2v) is 6.95. The fraction of sp³-hybridized carbons (Fsp3) is 0.433. The maximum Gasteiger partial charge on any atom is 0.166 e. The van der Waals surface area contributed by atoms with E-state index in [1.54, 1.807) is 24.3 Å². The second-order valence-electron chi connectivity index (χ2n) is 6.95. The lowest BCUT2D eigenvalue weighted by atomic mass is 10.0. The first-order valence-electron chi connectivity index (χ1n) is 11.9. The highest BCUT2D eigenvalue weighted by Gasteiger charge is 2.12. The molecule has 0 fully saturated rings. The summed E-state index contributed by atoms with van der Waals surface area (Å²) in [6.45, 7) is 16.4. The molecule has 0 aliphatic rings. The van der Waals surface area contributed by atoms with Crippen LogP contribution in [0.25, 0.3) is 0 Å². The molecule has 0 bridgehead atoms. The zero-order valence-electron chi connectivity index (χ0n) is 22.2. The van der Waals surface area contributed by atoms with Crippen LogP contribution in [0.4, 0.5) is 0 Å². The number of Topliss-reactive ketones (excluding diaryl/α,β-unsaturated/α-hetero) is 1. The van der Waals surface area contributed by atoms with E-state index in [9.17, 15) is 9.59 Å². The van der Waals surface area contributed by atoms with Crippen molar-refractivity contribution in [2.24, 2.45) is 0 Å². The van der Waals surface area contributed by atoms with Crippen molar-refractivity contribution >= 4 is 18.9 Å². The van der Waals surface area contributed by atoms with E-state index in [2.05, 4.69) is 6.58 Å². The van der Waals surface area contributed by atoms with Crippen LogP contribution in [0.3, 0.4) is 0 Å². The summed E-state index contributed by atoms with van der Waals surface area (Å²) in [5, 5.41) is 0. The minimum absolute atomic E-state index is 0. The van der Waals surface area contributed by atoms with Crippen LogP contribution in [0.15, 0.2) is 49.1 Å². The molecular formula is C30H46O6. The molecule has 0 saturated carbocycles. The van der Waals surface area contributed by atoms with Gasteiger partial charge < -0.3 is 19.0 Å². The summed E-state index contributed by atoms with van der Waals surface area (Å²) in [6.07, 6.45) is 5.44. The van der Waals surface area contributed by atoms with Gasteiger partial charge in [-0.3, -0.25) is 9.59 Å². The number of carbonyl (C=O) groups is 3.